The van der Waals surface area contributed by atoms with Crippen LogP contribution >= 0.6 is 23.2 Å². The molecular formula is C29H33Cl2N5O2. The lowest BCUT2D eigenvalue weighted by atomic mass is 9.80. The molecule has 1 aromatic heterocycles. The number of nitrogens with one attached hydrogen (secondary N) is 1. The minimum atomic E-state index is -0.494. The third-order valence-electron chi connectivity index (χ3n) is 8.06. The normalized spacial score (nSPS) is 20.9. The predicted octanol–water partition coefficient (Wildman–Crippen LogP) is 5.00. The maximum atomic E-state index is 13.2. The summed E-state index contributed by atoms with van der Waals surface area (Å²) in [5.74, 6) is 0.758. The largest absolute Gasteiger partial charge is 0.352 e. The molecule has 3 heterocycles. The van der Waals surface area contributed by atoms with Gasteiger partial charge in [0.2, 0.25) is 0 Å². The number of nitrogens with two attached hydrogens (primary N) is 1. The summed E-state index contributed by atoms with van der Waals surface area (Å²) in [6.07, 6.45) is 5.54. The van der Waals surface area contributed by atoms with Crippen LogP contribution < -0.4 is 11.1 Å². The van der Waals surface area contributed by atoms with Crippen molar-refractivity contribution < 1.29 is 9.59 Å². The number of halogens is 2. The van der Waals surface area contributed by atoms with Crippen molar-refractivity contribution in [3.63, 3.8) is 0 Å². The highest BCUT2D eigenvalue weighted by atomic mass is 35.5. The van der Waals surface area contributed by atoms with Crippen LogP contribution in [0.3, 0.4) is 0 Å². The third-order valence-corrected chi connectivity index (χ3v) is 8.80. The van der Waals surface area contributed by atoms with Crippen LogP contribution in [-0.2, 0) is 6.42 Å². The second kappa shape index (κ2) is 11.9. The fraction of sp³-hybridized carbons (Fsp3) is 0.414. The average molecular weight is 555 g/mol. The zero-order valence-electron chi connectivity index (χ0n) is 21.3. The summed E-state index contributed by atoms with van der Waals surface area (Å²) in [6.45, 7) is 3.91. The minimum absolute atomic E-state index is 0.0815. The Labute approximate surface area is 233 Å². The Balaban J connectivity index is 1.20. The average Bonchev–Trinajstić information content (AvgIpc) is 2.94. The zero-order valence-corrected chi connectivity index (χ0v) is 22.8. The number of hydrogen-bond donors (Lipinski definition) is 2. The summed E-state index contributed by atoms with van der Waals surface area (Å²) in [7, 11) is 0. The van der Waals surface area contributed by atoms with Crippen LogP contribution in [0.2, 0.25) is 10.0 Å². The Bertz CT molecular complexity index is 1310. The lowest BCUT2D eigenvalue weighted by molar-refractivity contribution is 0.0409. The zero-order chi connectivity index (χ0) is 26.6. The SMILES string of the molecule is NC(=O)NC[C@@H]1CN(C2CCN(C(=O)c3ccc4ncccc4c3)CC2)CC[C@@H]1Cc1ccc(Cl)c(Cl)c1. The Morgan fingerprint density at radius 2 is 1.79 bits per heavy atom. The Morgan fingerprint density at radius 3 is 2.55 bits per heavy atom. The first-order valence-corrected chi connectivity index (χ1v) is 14.0. The maximum absolute atomic E-state index is 13.2. The highest BCUT2D eigenvalue weighted by Crippen LogP contribution is 2.32. The van der Waals surface area contributed by atoms with E-state index in [2.05, 4.69) is 15.2 Å². The van der Waals surface area contributed by atoms with E-state index in [0.717, 1.165) is 68.3 Å². The van der Waals surface area contributed by atoms with Crippen LogP contribution in [0.4, 0.5) is 4.79 Å². The fourth-order valence-corrected chi connectivity index (χ4v) is 6.29. The van der Waals surface area contributed by atoms with Crippen LogP contribution in [0.15, 0.2) is 54.7 Å². The molecule has 0 saturated carbocycles. The van der Waals surface area contributed by atoms with Crippen molar-refractivity contribution in [2.75, 3.05) is 32.7 Å². The molecule has 0 spiro atoms. The number of carbonyl (C=O) groups is 2. The Kier molecular flexibility index (Phi) is 8.36. The number of nitrogens with zero attached hydrogens (tertiary/aromatic N) is 3. The third kappa shape index (κ3) is 6.22. The van der Waals surface area contributed by atoms with Crippen LogP contribution in [0, 0.1) is 11.8 Å². The van der Waals surface area contributed by atoms with Gasteiger partial charge < -0.3 is 16.0 Å². The molecule has 2 aromatic carbocycles. The molecule has 2 fully saturated rings. The van der Waals surface area contributed by atoms with Gasteiger partial charge in [-0.3, -0.25) is 14.7 Å². The van der Waals surface area contributed by atoms with Crippen LogP contribution in [0.25, 0.3) is 10.9 Å². The van der Waals surface area contributed by atoms with E-state index in [0.29, 0.717) is 34.1 Å². The van der Waals surface area contributed by atoms with E-state index >= 15 is 0 Å². The standard InChI is InChI=1S/C29H33Cl2N5O2/c30-25-5-3-19(15-26(25)31)14-20-7-11-36(18-23(20)17-34-29(32)38)24-8-12-35(13-9-24)28(37)22-4-6-27-21(16-22)2-1-10-33-27/h1-6,10,15-16,20,23-24H,7-9,11-14,17-18H2,(H3,32,34,38)/t20-,23-/m1/s1. The van der Waals surface area contributed by atoms with Crippen molar-refractivity contribution in [1.29, 1.82) is 0 Å². The molecule has 38 heavy (non-hydrogen) atoms. The van der Waals surface area contributed by atoms with E-state index in [4.69, 9.17) is 28.9 Å². The monoisotopic (exact) mass is 553 g/mol. The number of carbonyl (C=O) groups excluding carboxylic acids is 2. The molecule has 5 rings (SSSR count). The maximum Gasteiger partial charge on any atom is 0.312 e. The summed E-state index contributed by atoms with van der Waals surface area (Å²) >= 11 is 12.4. The number of piperidine rings is 2. The van der Waals surface area contributed by atoms with Crippen molar-refractivity contribution in [2.24, 2.45) is 17.6 Å². The van der Waals surface area contributed by atoms with E-state index in [1.54, 1.807) is 6.20 Å². The highest BCUT2D eigenvalue weighted by Gasteiger charge is 2.35. The van der Waals surface area contributed by atoms with Crippen molar-refractivity contribution >= 4 is 46.0 Å². The summed E-state index contributed by atoms with van der Waals surface area (Å²) in [6, 6.07) is 15.3. The molecule has 3 N–H and O–H groups in total. The second-order valence-corrected chi connectivity index (χ2v) is 11.3. The highest BCUT2D eigenvalue weighted by molar-refractivity contribution is 6.42. The molecular weight excluding hydrogens is 521 g/mol. The van der Waals surface area contributed by atoms with Gasteiger partial charge in [0.15, 0.2) is 0 Å². The molecule has 200 valence electrons. The molecule has 0 aliphatic carbocycles. The fourth-order valence-electron chi connectivity index (χ4n) is 5.97. The number of primary amides is 1. The van der Waals surface area contributed by atoms with Gasteiger partial charge in [0.25, 0.3) is 5.91 Å². The Morgan fingerprint density at radius 1 is 0.974 bits per heavy atom. The van der Waals surface area contributed by atoms with Gasteiger partial charge >= 0.3 is 6.03 Å². The lowest BCUT2D eigenvalue weighted by Gasteiger charge is -2.45. The number of rotatable bonds is 6. The van der Waals surface area contributed by atoms with Crippen molar-refractivity contribution in [3.8, 4) is 0 Å². The van der Waals surface area contributed by atoms with Crippen LogP contribution in [0.1, 0.15) is 35.2 Å². The van der Waals surface area contributed by atoms with Crippen molar-refractivity contribution in [3.05, 3.63) is 75.9 Å². The molecule has 0 radical (unpaired) electrons. The summed E-state index contributed by atoms with van der Waals surface area (Å²) in [4.78, 5) is 33.6. The first-order valence-electron chi connectivity index (χ1n) is 13.2. The van der Waals surface area contributed by atoms with E-state index < -0.39 is 6.03 Å². The summed E-state index contributed by atoms with van der Waals surface area (Å²) < 4.78 is 0. The molecule has 7 nitrogen and oxygen atoms in total. The quantitative estimate of drug-likeness (QED) is 0.449. The van der Waals surface area contributed by atoms with Gasteiger partial charge in [-0.25, -0.2) is 4.79 Å². The first kappa shape index (κ1) is 26.7. The van der Waals surface area contributed by atoms with Gasteiger partial charge in [-0.1, -0.05) is 35.3 Å². The van der Waals surface area contributed by atoms with Crippen molar-refractivity contribution in [2.45, 2.75) is 31.7 Å². The number of urea groups is 1. The smallest absolute Gasteiger partial charge is 0.312 e. The van der Waals surface area contributed by atoms with Gasteiger partial charge in [-0.2, -0.15) is 0 Å². The predicted molar refractivity (Wildman–Crippen MR) is 152 cm³/mol. The van der Waals surface area contributed by atoms with Crippen LogP contribution in [0.5, 0.6) is 0 Å². The molecule has 2 saturated heterocycles. The number of benzene rings is 2. The van der Waals surface area contributed by atoms with E-state index in [9.17, 15) is 9.59 Å². The molecule has 2 atom stereocenters. The minimum Gasteiger partial charge on any atom is -0.352 e. The number of amides is 3. The van der Waals surface area contributed by atoms with Crippen molar-refractivity contribution in [1.82, 2.24) is 20.1 Å². The van der Waals surface area contributed by atoms with Gasteiger partial charge in [-0.05, 0) is 86.0 Å². The first-order chi connectivity index (χ1) is 18.4. The number of pyridine rings is 1. The molecule has 2 aliphatic heterocycles. The van der Waals surface area contributed by atoms with Gasteiger partial charge in [0.05, 0.1) is 15.6 Å². The number of aromatic nitrogens is 1. The molecule has 9 heteroatoms. The molecule has 0 bridgehead atoms. The number of fused-ring (bicyclic) bond motifs is 1. The van der Waals surface area contributed by atoms with Gasteiger partial charge in [-0.15, -0.1) is 0 Å². The summed E-state index contributed by atoms with van der Waals surface area (Å²) in [5.41, 5.74) is 8.17. The van der Waals surface area contributed by atoms with E-state index in [1.165, 1.54) is 0 Å². The lowest BCUT2D eigenvalue weighted by Crippen LogP contribution is -2.53. The molecule has 3 amide bonds. The van der Waals surface area contributed by atoms with Gasteiger partial charge in [0, 0.05) is 49.4 Å². The van der Waals surface area contributed by atoms with E-state index in [1.807, 2.05) is 53.4 Å². The molecule has 3 aromatic rings. The summed E-state index contributed by atoms with van der Waals surface area (Å²) in [5, 5.41) is 4.93. The number of hydrogen-bond acceptors (Lipinski definition) is 4. The van der Waals surface area contributed by atoms with Crippen LogP contribution in [-0.4, -0.2) is 65.5 Å². The number of likely N-dealkylation sites (tertiary alicyclic amines) is 2. The second-order valence-electron chi connectivity index (χ2n) is 10.4. The topological polar surface area (TPSA) is 91.6 Å². The van der Waals surface area contributed by atoms with E-state index in [-0.39, 0.29) is 11.8 Å². The molecule has 0 unspecified atom stereocenters. The Hall–Kier alpha value is -2.87. The van der Waals surface area contributed by atoms with Gasteiger partial charge in [0.1, 0.15) is 0 Å². The molecule has 2 aliphatic rings.